The molecule has 0 N–H and O–H groups in total. The topological polar surface area (TPSA) is 26.3 Å². The van der Waals surface area contributed by atoms with Gasteiger partial charge in [0.05, 0.1) is 6.61 Å². The summed E-state index contributed by atoms with van der Waals surface area (Å²) in [5.74, 6) is -1.40. The summed E-state index contributed by atoms with van der Waals surface area (Å²) >= 11 is 0. The van der Waals surface area contributed by atoms with E-state index in [4.69, 9.17) is 0 Å². The summed E-state index contributed by atoms with van der Waals surface area (Å²) < 4.78 is 39.4. The van der Waals surface area contributed by atoms with Crippen LogP contribution in [0.5, 0.6) is 0 Å². The molecule has 0 radical (unpaired) electrons. The molecule has 0 aliphatic carbocycles. The van der Waals surface area contributed by atoms with Gasteiger partial charge in [-0.15, -0.1) is 13.2 Å². The van der Waals surface area contributed by atoms with E-state index in [9.17, 15) is 18.0 Å². The lowest BCUT2D eigenvalue weighted by molar-refractivity contribution is -0.150. The predicted octanol–water partition coefficient (Wildman–Crippen LogP) is 2.86. The van der Waals surface area contributed by atoms with Crippen LogP contribution in [0.3, 0.4) is 0 Å². The average molecular weight is 210 g/mol. The van der Waals surface area contributed by atoms with Crippen LogP contribution in [0.25, 0.3) is 0 Å². The van der Waals surface area contributed by atoms with E-state index >= 15 is 0 Å². The number of halogens is 3. The number of alkyl halides is 3. The molecule has 0 spiro atoms. The Labute approximate surface area is 81.1 Å². The predicted molar refractivity (Wildman–Crippen MR) is 47.7 cm³/mol. The minimum absolute atomic E-state index is 0.0199. The Morgan fingerprint density at radius 3 is 2.07 bits per heavy atom. The van der Waals surface area contributed by atoms with Gasteiger partial charge in [-0.25, -0.2) is 4.79 Å². The molecule has 0 unspecified atom stereocenters. The molecular weight excluding hydrogens is 197 g/mol. The molecule has 14 heavy (non-hydrogen) atoms. The van der Waals surface area contributed by atoms with E-state index in [1.807, 2.05) is 0 Å². The molecule has 2 nitrogen and oxygen atoms in total. The Morgan fingerprint density at radius 1 is 1.36 bits per heavy atom. The molecule has 0 aliphatic rings. The highest BCUT2D eigenvalue weighted by Crippen LogP contribution is 2.24. The summed E-state index contributed by atoms with van der Waals surface area (Å²) in [6.07, 6.45) is -4.21. The van der Waals surface area contributed by atoms with Gasteiger partial charge >= 0.3 is 12.1 Å². The van der Waals surface area contributed by atoms with E-state index in [1.54, 1.807) is 6.92 Å². The van der Waals surface area contributed by atoms with Crippen LogP contribution >= 0.6 is 0 Å². The van der Waals surface area contributed by atoms with Crippen molar-refractivity contribution in [2.45, 2.75) is 19.5 Å². The van der Waals surface area contributed by atoms with Crippen LogP contribution in [0.4, 0.5) is 13.2 Å². The molecule has 0 rings (SSSR count). The lowest BCUT2D eigenvalue weighted by Crippen LogP contribution is -2.21. The lowest BCUT2D eigenvalue weighted by Gasteiger charge is -2.08. The average Bonchev–Trinajstić information content (AvgIpc) is 2.14. The van der Waals surface area contributed by atoms with Crippen LogP contribution in [-0.4, -0.2) is 18.8 Å². The highest BCUT2D eigenvalue weighted by Gasteiger charge is 2.37. The number of hydrogen-bond acceptors (Lipinski definition) is 2. The van der Waals surface area contributed by atoms with Crippen molar-refractivity contribution < 1.29 is 22.7 Å². The molecule has 0 aromatic heterocycles. The maximum atomic E-state index is 11.7. The van der Waals surface area contributed by atoms with Crippen molar-refractivity contribution in [3.05, 3.63) is 25.3 Å². The van der Waals surface area contributed by atoms with Crippen LogP contribution < -0.4 is 0 Å². The molecule has 0 aromatic rings. The molecule has 0 aromatic carbocycles. The summed E-state index contributed by atoms with van der Waals surface area (Å²) in [7, 11) is 0. The van der Waals surface area contributed by atoms with Gasteiger partial charge in [0, 0.05) is 0 Å². The largest absolute Gasteiger partial charge is 0.462 e. The first-order valence-electron chi connectivity index (χ1n) is 3.82. The van der Waals surface area contributed by atoms with Crippen LogP contribution in [0.1, 0.15) is 13.3 Å². The Kier molecular flexibility index (Phi) is 7.80. The molecule has 0 amide bonds. The fraction of sp³-hybridized carbons (Fsp3) is 0.444. The van der Waals surface area contributed by atoms with E-state index in [0.717, 1.165) is 0 Å². The third kappa shape index (κ3) is 6.28. The first kappa shape index (κ1) is 15.2. The Bertz CT molecular complexity index is 197. The zero-order valence-corrected chi connectivity index (χ0v) is 7.99. The minimum atomic E-state index is -4.69. The number of esters is 1. The molecule has 0 bridgehead atoms. The normalized spacial score (nSPS) is 9.71. The second-order valence-corrected chi connectivity index (χ2v) is 2.11. The monoisotopic (exact) mass is 210 g/mol. The van der Waals surface area contributed by atoms with Crippen LogP contribution in [0.2, 0.25) is 0 Å². The fourth-order valence-corrected chi connectivity index (χ4v) is 0.398. The first-order valence-corrected chi connectivity index (χ1v) is 3.82. The lowest BCUT2D eigenvalue weighted by atomic mass is 10.3. The quantitative estimate of drug-likeness (QED) is 0.406. The highest BCUT2D eigenvalue weighted by molar-refractivity contribution is 5.89. The van der Waals surface area contributed by atoms with Crippen molar-refractivity contribution in [2.24, 2.45) is 0 Å². The number of ether oxygens (including phenoxy) is 1. The van der Waals surface area contributed by atoms with Crippen molar-refractivity contribution in [1.29, 1.82) is 0 Å². The Balaban J connectivity index is 0. The van der Waals surface area contributed by atoms with Gasteiger partial charge in [-0.2, -0.15) is 13.2 Å². The van der Waals surface area contributed by atoms with Crippen molar-refractivity contribution in [3.8, 4) is 0 Å². The summed E-state index contributed by atoms with van der Waals surface area (Å²) in [5, 5.41) is 0. The number of rotatable bonds is 3. The molecular formula is C9H13F3O2. The molecule has 5 heteroatoms. The third-order valence-electron chi connectivity index (χ3n) is 1.03. The van der Waals surface area contributed by atoms with Crippen LogP contribution in [0.15, 0.2) is 25.3 Å². The molecule has 0 fully saturated rings. The van der Waals surface area contributed by atoms with Gasteiger partial charge in [0.2, 0.25) is 0 Å². The maximum Gasteiger partial charge on any atom is 0.422 e. The van der Waals surface area contributed by atoms with E-state index in [-0.39, 0.29) is 6.61 Å². The number of hydrogen-bond donors (Lipinski definition) is 0. The molecule has 0 saturated carbocycles. The zero-order chi connectivity index (χ0) is 11.8. The number of carbonyl (C=O) groups is 1. The van der Waals surface area contributed by atoms with Crippen LogP contribution in [0, 0.1) is 0 Å². The first-order chi connectivity index (χ1) is 6.39. The Morgan fingerprint density at radius 2 is 1.79 bits per heavy atom. The van der Waals surface area contributed by atoms with E-state index in [0.29, 0.717) is 6.42 Å². The second kappa shape index (κ2) is 7.17. The van der Waals surface area contributed by atoms with Gasteiger partial charge in [0.25, 0.3) is 0 Å². The minimum Gasteiger partial charge on any atom is -0.462 e. The standard InChI is InChI=1S/C7H9F3O2.C2H4/c1-3-4-12-6(11)5(2)7(8,9)10;1-2/h2-4H2,1H3;1-2H2. The van der Waals surface area contributed by atoms with Gasteiger partial charge in [-0.1, -0.05) is 13.5 Å². The maximum absolute atomic E-state index is 11.7. The third-order valence-corrected chi connectivity index (χ3v) is 1.03. The summed E-state index contributed by atoms with van der Waals surface area (Å²) in [6.45, 7) is 10.2. The fourth-order valence-electron chi connectivity index (χ4n) is 0.398. The molecule has 0 atom stereocenters. The smallest absolute Gasteiger partial charge is 0.422 e. The highest BCUT2D eigenvalue weighted by atomic mass is 19.4. The summed E-state index contributed by atoms with van der Waals surface area (Å²) in [4.78, 5) is 10.5. The van der Waals surface area contributed by atoms with Gasteiger partial charge in [-0.05, 0) is 6.42 Å². The Hall–Kier alpha value is -1.26. The van der Waals surface area contributed by atoms with E-state index in [1.165, 1.54) is 0 Å². The van der Waals surface area contributed by atoms with E-state index in [2.05, 4.69) is 24.5 Å². The van der Waals surface area contributed by atoms with E-state index < -0.39 is 17.7 Å². The SMILES string of the molecule is C=C.C=C(C(=O)OCCC)C(F)(F)F. The number of carbonyl (C=O) groups excluding carboxylic acids is 1. The molecule has 0 heterocycles. The second-order valence-electron chi connectivity index (χ2n) is 2.11. The summed E-state index contributed by atoms with van der Waals surface area (Å²) in [5.41, 5.74) is -1.46. The van der Waals surface area contributed by atoms with Gasteiger partial charge in [-0.3, -0.25) is 0 Å². The van der Waals surface area contributed by atoms with Crippen molar-refractivity contribution in [3.63, 3.8) is 0 Å². The van der Waals surface area contributed by atoms with Crippen LogP contribution in [-0.2, 0) is 9.53 Å². The van der Waals surface area contributed by atoms with Crippen molar-refractivity contribution in [1.82, 2.24) is 0 Å². The molecule has 0 saturated heterocycles. The van der Waals surface area contributed by atoms with Crippen molar-refractivity contribution in [2.75, 3.05) is 6.61 Å². The van der Waals surface area contributed by atoms with Gasteiger partial charge in [0.1, 0.15) is 5.57 Å². The zero-order valence-electron chi connectivity index (χ0n) is 7.99. The van der Waals surface area contributed by atoms with Crippen molar-refractivity contribution >= 4 is 5.97 Å². The summed E-state index contributed by atoms with van der Waals surface area (Å²) in [6, 6.07) is 0. The van der Waals surface area contributed by atoms with Gasteiger partial charge < -0.3 is 4.74 Å². The molecule has 0 aliphatic heterocycles. The van der Waals surface area contributed by atoms with Gasteiger partial charge in [0.15, 0.2) is 0 Å². The molecule has 82 valence electrons.